The largest absolute Gasteiger partial charge is 0.342 e. The fourth-order valence-electron chi connectivity index (χ4n) is 2.42. The lowest BCUT2D eigenvalue weighted by atomic mass is 10.1. The van der Waals surface area contributed by atoms with Crippen LogP contribution in [0, 0.1) is 0 Å². The number of nitrogens with one attached hydrogen (secondary N) is 1. The van der Waals surface area contributed by atoms with Gasteiger partial charge in [-0.2, -0.15) is 0 Å². The Hall–Kier alpha value is -1.35. The minimum absolute atomic E-state index is 0.233. The first kappa shape index (κ1) is 12.1. The van der Waals surface area contributed by atoms with Crippen LogP contribution in [0.25, 0.3) is 0 Å². The molecular weight excluding hydrogens is 212 g/mol. The van der Waals surface area contributed by atoms with Gasteiger partial charge in [-0.1, -0.05) is 24.3 Å². The maximum absolute atomic E-state index is 11.9. The molecule has 0 heterocycles. The number of carbonyl (C=O) groups is 1. The highest BCUT2D eigenvalue weighted by atomic mass is 16.2. The van der Waals surface area contributed by atoms with E-state index < -0.39 is 0 Å². The fraction of sp³-hybridized carbons (Fsp3) is 0.500. The van der Waals surface area contributed by atoms with Crippen LogP contribution >= 0.6 is 0 Å². The SMILES string of the molecule is CNCCC(=O)N(C)C1Cc2ccccc2C1. The molecule has 3 heteroatoms. The zero-order valence-corrected chi connectivity index (χ0v) is 10.6. The third-order valence-electron chi connectivity index (χ3n) is 3.56. The molecule has 1 amide bonds. The third kappa shape index (κ3) is 2.67. The van der Waals surface area contributed by atoms with Crippen LogP contribution in [0.4, 0.5) is 0 Å². The minimum atomic E-state index is 0.233. The average molecular weight is 232 g/mol. The van der Waals surface area contributed by atoms with E-state index >= 15 is 0 Å². The van der Waals surface area contributed by atoms with E-state index in [4.69, 9.17) is 0 Å². The molecule has 0 aliphatic heterocycles. The molecule has 1 aromatic rings. The van der Waals surface area contributed by atoms with Crippen molar-refractivity contribution in [3.05, 3.63) is 35.4 Å². The number of fused-ring (bicyclic) bond motifs is 1. The first-order valence-corrected chi connectivity index (χ1v) is 6.19. The summed E-state index contributed by atoms with van der Waals surface area (Å²) in [5.41, 5.74) is 2.79. The first-order chi connectivity index (χ1) is 8.22. The molecule has 0 bridgehead atoms. The second-order valence-electron chi connectivity index (χ2n) is 4.69. The molecule has 0 unspecified atom stereocenters. The summed E-state index contributed by atoms with van der Waals surface area (Å²) in [6.45, 7) is 0.753. The van der Waals surface area contributed by atoms with Crippen LogP contribution < -0.4 is 5.32 Å². The molecule has 1 aromatic carbocycles. The maximum atomic E-state index is 11.9. The van der Waals surface area contributed by atoms with E-state index in [2.05, 4.69) is 29.6 Å². The normalized spacial score (nSPS) is 14.7. The highest BCUT2D eigenvalue weighted by molar-refractivity contribution is 5.76. The van der Waals surface area contributed by atoms with Crippen molar-refractivity contribution in [3.8, 4) is 0 Å². The standard InChI is InChI=1S/C14H20N2O/c1-15-8-7-14(17)16(2)13-9-11-5-3-4-6-12(11)10-13/h3-6,13,15H,7-10H2,1-2H3. The number of benzene rings is 1. The Morgan fingerprint density at radius 2 is 1.94 bits per heavy atom. The van der Waals surface area contributed by atoms with Gasteiger partial charge in [-0.05, 0) is 31.0 Å². The Bertz CT molecular complexity index is 378. The predicted octanol–water partition coefficient (Wildman–Crippen LogP) is 1.22. The van der Waals surface area contributed by atoms with E-state index in [9.17, 15) is 4.79 Å². The number of likely N-dealkylation sites (N-methyl/N-ethyl adjacent to an activating group) is 1. The molecule has 0 saturated carbocycles. The molecule has 1 aliphatic rings. The monoisotopic (exact) mass is 232 g/mol. The molecule has 17 heavy (non-hydrogen) atoms. The zero-order valence-electron chi connectivity index (χ0n) is 10.6. The molecule has 0 aromatic heterocycles. The highest BCUT2D eigenvalue weighted by Crippen LogP contribution is 2.24. The molecule has 3 nitrogen and oxygen atoms in total. The third-order valence-corrected chi connectivity index (χ3v) is 3.56. The van der Waals surface area contributed by atoms with Crippen LogP contribution in [0.3, 0.4) is 0 Å². The second kappa shape index (κ2) is 5.32. The summed E-state index contributed by atoms with van der Waals surface area (Å²) in [4.78, 5) is 13.8. The maximum Gasteiger partial charge on any atom is 0.223 e. The lowest BCUT2D eigenvalue weighted by Gasteiger charge is -2.24. The van der Waals surface area contributed by atoms with Gasteiger partial charge in [0.2, 0.25) is 5.91 Å². The molecule has 0 spiro atoms. The number of hydrogen-bond acceptors (Lipinski definition) is 2. The van der Waals surface area contributed by atoms with E-state index in [1.807, 2.05) is 19.0 Å². The summed E-state index contributed by atoms with van der Waals surface area (Å²) in [6, 6.07) is 8.83. The Morgan fingerprint density at radius 3 is 2.47 bits per heavy atom. The van der Waals surface area contributed by atoms with Gasteiger partial charge in [0, 0.05) is 26.1 Å². The number of carbonyl (C=O) groups excluding carboxylic acids is 1. The van der Waals surface area contributed by atoms with Crippen LogP contribution in [0.1, 0.15) is 17.5 Å². The van der Waals surface area contributed by atoms with Crippen LogP contribution in [0.2, 0.25) is 0 Å². The minimum Gasteiger partial charge on any atom is -0.342 e. The Labute approximate surface area is 103 Å². The quantitative estimate of drug-likeness (QED) is 0.846. The van der Waals surface area contributed by atoms with Gasteiger partial charge in [-0.25, -0.2) is 0 Å². The van der Waals surface area contributed by atoms with Gasteiger partial charge in [0.05, 0.1) is 0 Å². The molecule has 1 aliphatic carbocycles. The van der Waals surface area contributed by atoms with Gasteiger partial charge in [0.25, 0.3) is 0 Å². The molecule has 0 saturated heterocycles. The van der Waals surface area contributed by atoms with E-state index in [0.717, 1.165) is 19.4 Å². The summed E-state index contributed by atoms with van der Waals surface area (Å²) in [6.07, 6.45) is 2.58. The molecular formula is C14H20N2O. The van der Waals surface area contributed by atoms with Crippen LogP contribution in [-0.4, -0.2) is 37.5 Å². The van der Waals surface area contributed by atoms with Crippen molar-refractivity contribution in [2.75, 3.05) is 20.6 Å². The van der Waals surface area contributed by atoms with Crippen molar-refractivity contribution in [1.82, 2.24) is 10.2 Å². The second-order valence-corrected chi connectivity index (χ2v) is 4.69. The van der Waals surface area contributed by atoms with Crippen molar-refractivity contribution in [2.45, 2.75) is 25.3 Å². The number of rotatable bonds is 4. The van der Waals surface area contributed by atoms with E-state index in [1.54, 1.807) is 0 Å². The fourth-order valence-corrected chi connectivity index (χ4v) is 2.42. The van der Waals surface area contributed by atoms with Gasteiger partial charge in [0.1, 0.15) is 0 Å². The van der Waals surface area contributed by atoms with Crippen molar-refractivity contribution < 1.29 is 4.79 Å². The number of amides is 1. The summed E-state index contributed by atoms with van der Waals surface area (Å²) in [5, 5.41) is 3.01. The molecule has 2 rings (SSSR count). The first-order valence-electron chi connectivity index (χ1n) is 6.19. The van der Waals surface area contributed by atoms with Crippen molar-refractivity contribution in [2.24, 2.45) is 0 Å². The van der Waals surface area contributed by atoms with Crippen LogP contribution in [0.5, 0.6) is 0 Å². The zero-order chi connectivity index (χ0) is 12.3. The summed E-state index contributed by atoms with van der Waals surface area (Å²) < 4.78 is 0. The van der Waals surface area contributed by atoms with E-state index in [0.29, 0.717) is 12.5 Å². The van der Waals surface area contributed by atoms with E-state index in [1.165, 1.54) is 11.1 Å². The van der Waals surface area contributed by atoms with Gasteiger partial charge < -0.3 is 10.2 Å². The van der Waals surface area contributed by atoms with Crippen molar-refractivity contribution in [1.29, 1.82) is 0 Å². The molecule has 0 fully saturated rings. The van der Waals surface area contributed by atoms with E-state index in [-0.39, 0.29) is 5.91 Å². The summed E-state index contributed by atoms with van der Waals surface area (Å²) in [7, 11) is 3.80. The lowest BCUT2D eigenvalue weighted by Crippen LogP contribution is -2.38. The van der Waals surface area contributed by atoms with Crippen LogP contribution in [-0.2, 0) is 17.6 Å². The van der Waals surface area contributed by atoms with Gasteiger partial charge in [-0.3, -0.25) is 4.79 Å². The van der Waals surface area contributed by atoms with Crippen molar-refractivity contribution >= 4 is 5.91 Å². The highest BCUT2D eigenvalue weighted by Gasteiger charge is 2.26. The predicted molar refractivity (Wildman–Crippen MR) is 69.0 cm³/mol. The number of nitrogens with zero attached hydrogens (tertiary/aromatic N) is 1. The molecule has 0 atom stereocenters. The lowest BCUT2D eigenvalue weighted by molar-refractivity contribution is -0.131. The smallest absolute Gasteiger partial charge is 0.223 e. The Kier molecular flexibility index (Phi) is 3.79. The Balaban J connectivity index is 1.96. The topological polar surface area (TPSA) is 32.3 Å². The van der Waals surface area contributed by atoms with Gasteiger partial charge in [0.15, 0.2) is 0 Å². The Morgan fingerprint density at radius 1 is 1.35 bits per heavy atom. The molecule has 92 valence electrons. The summed E-state index contributed by atoms with van der Waals surface area (Å²) in [5.74, 6) is 0.233. The van der Waals surface area contributed by atoms with Gasteiger partial charge >= 0.3 is 0 Å². The summed E-state index contributed by atoms with van der Waals surface area (Å²) >= 11 is 0. The van der Waals surface area contributed by atoms with Gasteiger partial charge in [-0.15, -0.1) is 0 Å². The van der Waals surface area contributed by atoms with Crippen molar-refractivity contribution in [3.63, 3.8) is 0 Å². The molecule has 1 N–H and O–H groups in total. The van der Waals surface area contributed by atoms with Crippen LogP contribution in [0.15, 0.2) is 24.3 Å². The number of hydrogen-bond donors (Lipinski definition) is 1. The molecule has 0 radical (unpaired) electrons. The average Bonchev–Trinajstić information content (AvgIpc) is 2.78.